The third-order valence-electron chi connectivity index (χ3n) is 4.10. The first-order valence-corrected chi connectivity index (χ1v) is 10.1. The molecule has 0 saturated heterocycles. The fourth-order valence-corrected chi connectivity index (χ4v) is 3.67. The van der Waals surface area contributed by atoms with Crippen molar-refractivity contribution in [1.82, 2.24) is 14.8 Å². The molecule has 0 fully saturated rings. The van der Waals surface area contributed by atoms with E-state index in [0.29, 0.717) is 28.3 Å². The highest BCUT2D eigenvalue weighted by Gasteiger charge is 2.18. The molecule has 0 radical (unpaired) electrons. The Morgan fingerprint density at radius 2 is 1.96 bits per heavy atom. The Morgan fingerprint density at radius 1 is 1.21 bits per heavy atom. The molecule has 0 aliphatic heterocycles. The Labute approximate surface area is 173 Å². The van der Waals surface area contributed by atoms with E-state index >= 15 is 0 Å². The maximum absolute atomic E-state index is 12.3. The first-order valence-electron chi connectivity index (χ1n) is 8.78. The van der Waals surface area contributed by atoms with Crippen LogP contribution in [0.2, 0.25) is 5.02 Å². The van der Waals surface area contributed by atoms with Crippen LogP contribution in [0.5, 0.6) is 5.75 Å². The molecule has 0 aliphatic carbocycles. The Balaban J connectivity index is 1.74. The fourth-order valence-electron chi connectivity index (χ4n) is 2.70. The van der Waals surface area contributed by atoms with E-state index < -0.39 is 0 Å². The molecule has 0 bridgehead atoms. The highest BCUT2D eigenvalue weighted by Crippen LogP contribution is 2.33. The lowest BCUT2D eigenvalue weighted by Crippen LogP contribution is -2.14. The molecule has 3 aromatic rings. The largest absolute Gasteiger partial charge is 0.496 e. The number of hydrogen-bond donors (Lipinski definition) is 1. The number of carbonyl (C=O) groups excluding carboxylic acids is 1. The minimum atomic E-state index is -0.0959. The molecule has 0 spiro atoms. The van der Waals surface area contributed by atoms with E-state index in [0.717, 1.165) is 16.8 Å². The van der Waals surface area contributed by atoms with Crippen LogP contribution < -0.4 is 10.1 Å². The number of anilines is 1. The number of ether oxygens (including phenoxy) is 1. The van der Waals surface area contributed by atoms with E-state index in [1.165, 1.54) is 11.8 Å². The third kappa shape index (κ3) is 4.66. The summed E-state index contributed by atoms with van der Waals surface area (Å²) in [6.07, 6.45) is 0. The van der Waals surface area contributed by atoms with E-state index in [1.807, 2.05) is 42.7 Å². The molecule has 0 unspecified atom stereocenters. The summed E-state index contributed by atoms with van der Waals surface area (Å²) in [6, 6.07) is 13.1. The lowest BCUT2D eigenvalue weighted by molar-refractivity contribution is -0.113. The van der Waals surface area contributed by atoms with Crippen molar-refractivity contribution in [2.75, 3.05) is 18.2 Å². The maximum atomic E-state index is 12.3. The van der Waals surface area contributed by atoms with Gasteiger partial charge in [-0.05, 0) is 44.2 Å². The van der Waals surface area contributed by atoms with Gasteiger partial charge in [-0.2, -0.15) is 0 Å². The number of amides is 1. The zero-order valence-corrected chi connectivity index (χ0v) is 17.5. The van der Waals surface area contributed by atoms with Gasteiger partial charge in [0, 0.05) is 17.3 Å². The van der Waals surface area contributed by atoms with Gasteiger partial charge >= 0.3 is 0 Å². The van der Waals surface area contributed by atoms with Crippen LogP contribution >= 0.6 is 23.4 Å². The summed E-state index contributed by atoms with van der Waals surface area (Å²) < 4.78 is 7.37. The second-order valence-corrected chi connectivity index (χ2v) is 7.48. The Morgan fingerprint density at radius 3 is 2.64 bits per heavy atom. The molecular formula is C20H21ClN4O2S. The van der Waals surface area contributed by atoms with Crippen LogP contribution in [0.15, 0.2) is 47.6 Å². The normalized spacial score (nSPS) is 10.7. The predicted molar refractivity (Wildman–Crippen MR) is 113 cm³/mol. The number of hydrogen-bond acceptors (Lipinski definition) is 5. The second kappa shape index (κ2) is 9.12. The topological polar surface area (TPSA) is 69.0 Å². The lowest BCUT2D eigenvalue weighted by atomic mass is 10.2. The Hall–Kier alpha value is -2.51. The first-order chi connectivity index (χ1) is 13.5. The van der Waals surface area contributed by atoms with E-state index in [1.54, 1.807) is 25.3 Å². The van der Waals surface area contributed by atoms with Crippen molar-refractivity contribution >= 4 is 35.0 Å². The number of thioether (sulfide) groups is 1. The van der Waals surface area contributed by atoms with Crippen LogP contribution in [0.1, 0.15) is 12.5 Å². The molecule has 0 atom stereocenters. The van der Waals surface area contributed by atoms with Crippen molar-refractivity contribution in [2.24, 2.45) is 0 Å². The summed E-state index contributed by atoms with van der Waals surface area (Å²) in [6.45, 7) is 4.66. The van der Waals surface area contributed by atoms with E-state index in [4.69, 9.17) is 16.3 Å². The molecule has 146 valence electrons. The molecule has 28 heavy (non-hydrogen) atoms. The summed E-state index contributed by atoms with van der Waals surface area (Å²) in [5.74, 6) is 1.46. The van der Waals surface area contributed by atoms with Gasteiger partial charge in [-0.3, -0.25) is 4.79 Å². The molecule has 2 aromatic carbocycles. The highest BCUT2D eigenvalue weighted by atomic mass is 35.5. The monoisotopic (exact) mass is 416 g/mol. The van der Waals surface area contributed by atoms with Crippen molar-refractivity contribution in [3.8, 4) is 17.1 Å². The number of nitrogens with one attached hydrogen (secondary N) is 1. The highest BCUT2D eigenvalue weighted by molar-refractivity contribution is 7.99. The average Bonchev–Trinajstić information content (AvgIpc) is 3.11. The van der Waals surface area contributed by atoms with Crippen molar-refractivity contribution < 1.29 is 9.53 Å². The predicted octanol–water partition coefficient (Wildman–Crippen LogP) is 4.67. The van der Waals surface area contributed by atoms with Crippen molar-refractivity contribution in [1.29, 1.82) is 0 Å². The molecule has 6 nitrogen and oxygen atoms in total. The van der Waals surface area contributed by atoms with Crippen LogP contribution in [0.4, 0.5) is 5.69 Å². The number of halogens is 1. The van der Waals surface area contributed by atoms with Gasteiger partial charge in [0.05, 0.1) is 18.4 Å². The molecule has 0 aliphatic rings. The minimum absolute atomic E-state index is 0.0959. The first kappa shape index (κ1) is 20.2. The molecular weight excluding hydrogens is 396 g/mol. The zero-order chi connectivity index (χ0) is 20.1. The summed E-state index contributed by atoms with van der Waals surface area (Å²) in [4.78, 5) is 12.3. The van der Waals surface area contributed by atoms with E-state index in [2.05, 4.69) is 15.5 Å². The summed E-state index contributed by atoms with van der Waals surface area (Å²) in [5, 5.41) is 12.7. The average molecular weight is 417 g/mol. The van der Waals surface area contributed by atoms with Gasteiger partial charge in [-0.15, -0.1) is 10.2 Å². The maximum Gasteiger partial charge on any atom is 0.234 e. The number of carbonyl (C=O) groups is 1. The smallest absolute Gasteiger partial charge is 0.234 e. The van der Waals surface area contributed by atoms with Gasteiger partial charge in [0.25, 0.3) is 0 Å². The number of methoxy groups -OCH3 is 1. The van der Waals surface area contributed by atoms with Gasteiger partial charge in [0.2, 0.25) is 5.91 Å². The standard InChI is InChI=1S/C20H21ClN4O2S/c1-4-25-19(16-11-14(21)7-10-17(16)27-3)23-24-20(25)28-12-18(26)22-15-8-5-13(2)6-9-15/h5-11H,4,12H2,1-3H3,(H,22,26). The van der Waals surface area contributed by atoms with Crippen molar-refractivity contribution in [3.05, 3.63) is 53.1 Å². The van der Waals surface area contributed by atoms with Crippen LogP contribution in [0.25, 0.3) is 11.4 Å². The van der Waals surface area contributed by atoms with Crippen LogP contribution in [0.3, 0.4) is 0 Å². The van der Waals surface area contributed by atoms with E-state index in [9.17, 15) is 4.79 Å². The molecule has 3 rings (SSSR count). The van der Waals surface area contributed by atoms with Crippen LogP contribution in [-0.4, -0.2) is 33.5 Å². The minimum Gasteiger partial charge on any atom is -0.496 e. The number of aryl methyl sites for hydroxylation is 1. The lowest BCUT2D eigenvalue weighted by Gasteiger charge is -2.11. The van der Waals surface area contributed by atoms with E-state index in [-0.39, 0.29) is 11.7 Å². The van der Waals surface area contributed by atoms with Gasteiger partial charge in [-0.25, -0.2) is 0 Å². The number of aromatic nitrogens is 3. The summed E-state index contributed by atoms with van der Waals surface area (Å²) in [7, 11) is 1.60. The molecule has 0 saturated carbocycles. The van der Waals surface area contributed by atoms with Gasteiger partial charge in [0.15, 0.2) is 11.0 Å². The number of benzene rings is 2. The molecule has 1 heterocycles. The Bertz CT molecular complexity index is 973. The van der Waals surface area contributed by atoms with Crippen molar-refractivity contribution in [2.45, 2.75) is 25.5 Å². The zero-order valence-electron chi connectivity index (χ0n) is 15.9. The quantitative estimate of drug-likeness (QED) is 0.567. The molecule has 1 aromatic heterocycles. The SMILES string of the molecule is CCn1c(SCC(=O)Nc2ccc(C)cc2)nnc1-c1cc(Cl)ccc1OC. The number of nitrogens with zero attached hydrogens (tertiary/aromatic N) is 3. The fraction of sp³-hybridized carbons (Fsp3) is 0.250. The molecule has 1 amide bonds. The molecule has 1 N–H and O–H groups in total. The van der Waals surface area contributed by atoms with Crippen LogP contribution in [0, 0.1) is 6.92 Å². The molecule has 8 heteroatoms. The summed E-state index contributed by atoms with van der Waals surface area (Å²) >= 11 is 7.48. The third-order valence-corrected chi connectivity index (χ3v) is 5.31. The Kier molecular flexibility index (Phi) is 6.59. The van der Waals surface area contributed by atoms with Gasteiger partial charge < -0.3 is 14.6 Å². The second-order valence-electron chi connectivity index (χ2n) is 6.10. The van der Waals surface area contributed by atoms with Crippen LogP contribution in [-0.2, 0) is 11.3 Å². The number of rotatable bonds is 7. The van der Waals surface area contributed by atoms with Crippen molar-refractivity contribution in [3.63, 3.8) is 0 Å². The summed E-state index contributed by atoms with van der Waals surface area (Å²) in [5.41, 5.74) is 2.69. The van der Waals surface area contributed by atoms with Gasteiger partial charge in [0.1, 0.15) is 5.75 Å². The van der Waals surface area contributed by atoms with Gasteiger partial charge in [-0.1, -0.05) is 41.1 Å².